The van der Waals surface area contributed by atoms with E-state index in [0.717, 1.165) is 0 Å². The molecule has 0 amide bonds. The zero-order valence-electron chi connectivity index (χ0n) is 10.1. The highest BCUT2D eigenvalue weighted by Crippen LogP contribution is 2.32. The molecule has 1 aromatic carbocycles. The Morgan fingerprint density at radius 1 is 1.33 bits per heavy atom. The maximum Gasteiger partial charge on any atom is 0.259 e. The van der Waals surface area contributed by atoms with Gasteiger partial charge in [0.15, 0.2) is 5.82 Å². The maximum absolute atomic E-state index is 6.09. The third-order valence-corrected chi connectivity index (χ3v) is 3.14. The lowest BCUT2D eigenvalue weighted by Crippen LogP contribution is -2.22. The zero-order chi connectivity index (χ0) is 13.1. The van der Waals surface area contributed by atoms with Crippen molar-refractivity contribution in [2.75, 3.05) is 0 Å². The molecule has 0 spiro atoms. The molecule has 4 nitrogen and oxygen atoms in total. The minimum absolute atomic E-state index is 0.363. The first-order valence-electron chi connectivity index (χ1n) is 5.58. The van der Waals surface area contributed by atoms with Crippen LogP contribution < -0.4 is 5.32 Å². The van der Waals surface area contributed by atoms with Crippen molar-refractivity contribution in [3.05, 3.63) is 34.1 Å². The molecule has 0 aliphatic heterocycles. The van der Waals surface area contributed by atoms with Gasteiger partial charge in [-0.3, -0.25) is 0 Å². The van der Waals surface area contributed by atoms with Gasteiger partial charge in [-0.2, -0.15) is 4.98 Å². The first kappa shape index (κ1) is 13.3. The molecule has 0 aliphatic carbocycles. The highest BCUT2D eigenvalue weighted by molar-refractivity contribution is 6.43. The van der Waals surface area contributed by atoms with E-state index in [1.54, 1.807) is 18.2 Å². The number of aromatic nitrogens is 2. The largest absolute Gasteiger partial charge is 0.334 e. The molecular formula is C12H13Cl2N3O. The highest BCUT2D eigenvalue weighted by Gasteiger charge is 2.13. The summed E-state index contributed by atoms with van der Waals surface area (Å²) in [6.45, 7) is 4.66. The Kier molecular flexibility index (Phi) is 4.22. The number of rotatable bonds is 4. The summed E-state index contributed by atoms with van der Waals surface area (Å²) < 4.78 is 5.17. The van der Waals surface area contributed by atoms with E-state index in [1.807, 2.05) is 0 Å². The summed E-state index contributed by atoms with van der Waals surface area (Å²) in [4.78, 5) is 4.27. The van der Waals surface area contributed by atoms with Gasteiger partial charge in [-0.1, -0.05) is 48.3 Å². The van der Waals surface area contributed by atoms with Crippen LogP contribution in [0.4, 0.5) is 0 Å². The second-order valence-electron chi connectivity index (χ2n) is 4.15. The van der Waals surface area contributed by atoms with E-state index in [1.165, 1.54) is 0 Å². The number of nitrogens with zero attached hydrogens (tertiary/aromatic N) is 2. The topological polar surface area (TPSA) is 51.0 Å². The molecule has 0 radical (unpaired) electrons. The summed E-state index contributed by atoms with van der Waals surface area (Å²) in [7, 11) is 0. The Bertz CT molecular complexity index is 540. The number of benzene rings is 1. The van der Waals surface area contributed by atoms with Gasteiger partial charge in [0, 0.05) is 6.04 Å². The summed E-state index contributed by atoms with van der Waals surface area (Å²) in [5.41, 5.74) is 0.646. The van der Waals surface area contributed by atoms with Crippen LogP contribution in [0.1, 0.15) is 19.7 Å². The molecule has 0 saturated heterocycles. The number of hydrogen-bond acceptors (Lipinski definition) is 4. The zero-order valence-corrected chi connectivity index (χ0v) is 11.6. The maximum atomic E-state index is 6.09. The monoisotopic (exact) mass is 285 g/mol. The normalized spacial score (nSPS) is 11.2. The van der Waals surface area contributed by atoms with Gasteiger partial charge in [-0.05, 0) is 12.1 Å². The predicted molar refractivity (Wildman–Crippen MR) is 71.7 cm³/mol. The molecule has 18 heavy (non-hydrogen) atoms. The molecule has 0 fully saturated rings. The van der Waals surface area contributed by atoms with Crippen LogP contribution in [0.5, 0.6) is 0 Å². The average Bonchev–Trinajstić information content (AvgIpc) is 2.78. The van der Waals surface area contributed by atoms with Crippen LogP contribution in [0.2, 0.25) is 10.0 Å². The predicted octanol–water partition coefficient (Wildman–Crippen LogP) is 3.54. The number of hydrogen-bond donors (Lipinski definition) is 1. The van der Waals surface area contributed by atoms with Gasteiger partial charge in [-0.25, -0.2) is 0 Å². The third-order valence-electron chi connectivity index (χ3n) is 2.32. The Hall–Kier alpha value is -1.10. The van der Waals surface area contributed by atoms with Gasteiger partial charge in [-0.15, -0.1) is 0 Å². The highest BCUT2D eigenvalue weighted by atomic mass is 35.5. The quantitative estimate of drug-likeness (QED) is 0.934. The van der Waals surface area contributed by atoms with Crippen LogP contribution >= 0.6 is 23.2 Å². The van der Waals surface area contributed by atoms with Crippen LogP contribution in [-0.2, 0) is 6.54 Å². The van der Waals surface area contributed by atoms with Gasteiger partial charge in [0.25, 0.3) is 5.89 Å². The Labute approximate surface area is 115 Å². The fourth-order valence-electron chi connectivity index (χ4n) is 1.40. The smallest absolute Gasteiger partial charge is 0.259 e. The molecule has 96 valence electrons. The molecule has 1 aromatic heterocycles. The number of nitrogens with one attached hydrogen (secondary N) is 1. The van der Waals surface area contributed by atoms with Gasteiger partial charge < -0.3 is 9.84 Å². The first-order chi connectivity index (χ1) is 8.58. The lowest BCUT2D eigenvalue weighted by Gasteiger charge is -2.03. The summed E-state index contributed by atoms with van der Waals surface area (Å²) in [6.07, 6.45) is 0. The molecule has 0 aliphatic rings. The van der Waals surface area contributed by atoms with Crippen molar-refractivity contribution >= 4 is 23.2 Å². The summed E-state index contributed by atoms with van der Waals surface area (Å²) in [6, 6.07) is 5.66. The molecule has 1 heterocycles. The molecule has 0 unspecified atom stereocenters. The average molecular weight is 286 g/mol. The van der Waals surface area contributed by atoms with Crippen molar-refractivity contribution in [2.24, 2.45) is 0 Å². The minimum atomic E-state index is 0.363. The van der Waals surface area contributed by atoms with Crippen molar-refractivity contribution in [1.82, 2.24) is 15.5 Å². The molecule has 6 heteroatoms. The van der Waals surface area contributed by atoms with E-state index < -0.39 is 0 Å². The van der Waals surface area contributed by atoms with Crippen LogP contribution in [0.15, 0.2) is 22.7 Å². The lowest BCUT2D eigenvalue weighted by atomic mass is 10.2. The van der Waals surface area contributed by atoms with E-state index in [4.69, 9.17) is 27.7 Å². The Morgan fingerprint density at radius 3 is 2.83 bits per heavy atom. The van der Waals surface area contributed by atoms with E-state index in [2.05, 4.69) is 29.3 Å². The standard InChI is InChI=1S/C12H13Cl2N3O/c1-7(2)15-6-10-16-12(18-17-10)8-4-3-5-9(13)11(8)14/h3-5,7,15H,6H2,1-2H3. The fourth-order valence-corrected chi connectivity index (χ4v) is 1.78. The second kappa shape index (κ2) is 5.69. The molecule has 0 saturated carbocycles. The molecule has 0 atom stereocenters. The van der Waals surface area contributed by atoms with Crippen LogP contribution in [0, 0.1) is 0 Å². The van der Waals surface area contributed by atoms with Crippen molar-refractivity contribution in [3.63, 3.8) is 0 Å². The van der Waals surface area contributed by atoms with Crippen molar-refractivity contribution in [2.45, 2.75) is 26.4 Å². The van der Waals surface area contributed by atoms with Gasteiger partial charge >= 0.3 is 0 Å². The molecule has 2 aromatic rings. The van der Waals surface area contributed by atoms with Gasteiger partial charge in [0.1, 0.15) is 0 Å². The van der Waals surface area contributed by atoms with Crippen molar-refractivity contribution in [1.29, 1.82) is 0 Å². The van der Waals surface area contributed by atoms with E-state index >= 15 is 0 Å². The third kappa shape index (κ3) is 3.02. The van der Waals surface area contributed by atoms with Crippen molar-refractivity contribution in [3.8, 4) is 11.5 Å². The summed E-state index contributed by atoms with van der Waals surface area (Å²) in [5.74, 6) is 0.970. The lowest BCUT2D eigenvalue weighted by molar-refractivity contribution is 0.417. The molecule has 2 rings (SSSR count). The first-order valence-corrected chi connectivity index (χ1v) is 6.34. The fraction of sp³-hybridized carbons (Fsp3) is 0.333. The van der Waals surface area contributed by atoms with Crippen LogP contribution in [0.25, 0.3) is 11.5 Å². The summed E-state index contributed by atoms with van der Waals surface area (Å²) >= 11 is 12.0. The van der Waals surface area contributed by atoms with Crippen LogP contribution in [0.3, 0.4) is 0 Å². The van der Waals surface area contributed by atoms with E-state index in [-0.39, 0.29) is 0 Å². The van der Waals surface area contributed by atoms with E-state index in [0.29, 0.717) is 39.9 Å². The van der Waals surface area contributed by atoms with Crippen LogP contribution in [-0.4, -0.2) is 16.2 Å². The van der Waals surface area contributed by atoms with Crippen molar-refractivity contribution < 1.29 is 4.52 Å². The Balaban J connectivity index is 2.21. The molecule has 1 N–H and O–H groups in total. The number of halogens is 2. The Morgan fingerprint density at radius 2 is 2.11 bits per heavy atom. The second-order valence-corrected chi connectivity index (χ2v) is 4.94. The molecule has 0 bridgehead atoms. The molecular weight excluding hydrogens is 273 g/mol. The SMILES string of the molecule is CC(C)NCc1noc(-c2cccc(Cl)c2Cl)n1. The summed E-state index contributed by atoms with van der Waals surface area (Å²) in [5, 5.41) is 7.98. The minimum Gasteiger partial charge on any atom is -0.334 e. The van der Waals surface area contributed by atoms with Gasteiger partial charge in [0.2, 0.25) is 0 Å². The van der Waals surface area contributed by atoms with E-state index in [9.17, 15) is 0 Å². The van der Waals surface area contributed by atoms with Gasteiger partial charge in [0.05, 0.1) is 22.2 Å².